The number of fused-ring (bicyclic) bond motifs is 1. The number of rotatable bonds is 5. The predicted octanol–water partition coefficient (Wildman–Crippen LogP) is 3.24. The molecule has 0 aromatic carbocycles. The number of aryl methyl sites for hydroxylation is 1. The van der Waals surface area contributed by atoms with Crippen LogP contribution in [0.2, 0.25) is 0 Å². The molecule has 0 unspecified atom stereocenters. The lowest BCUT2D eigenvalue weighted by Gasteiger charge is -2.28. The lowest BCUT2D eigenvalue weighted by Crippen LogP contribution is -2.33. The zero-order valence-corrected chi connectivity index (χ0v) is 15.7. The number of nitrogens with zero attached hydrogens (tertiary/aromatic N) is 3. The second-order valence-electron chi connectivity index (χ2n) is 7.41. The summed E-state index contributed by atoms with van der Waals surface area (Å²) in [5.74, 6) is 0.267. The maximum absolute atomic E-state index is 6.08. The van der Waals surface area contributed by atoms with Gasteiger partial charge in [0.25, 0.3) is 0 Å². The first-order valence-electron chi connectivity index (χ1n) is 9.75. The van der Waals surface area contributed by atoms with Gasteiger partial charge in [-0.2, -0.15) is 0 Å². The minimum atomic E-state index is 0.267. The monoisotopic (exact) mass is 365 g/mol. The molecular formula is C20H27N7. The molecule has 142 valence electrons. The second kappa shape index (κ2) is 7.52. The van der Waals surface area contributed by atoms with Crippen molar-refractivity contribution in [1.82, 2.24) is 19.9 Å². The first-order chi connectivity index (χ1) is 13.1. The van der Waals surface area contributed by atoms with Crippen LogP contribution < -0.4 is 16.8 Å². The van der Waals surface area contributed by atoms with Crippen LogP contribution >= 0.6 is 0 Å². The minimum absolute atomic E-state index is 0.267. The number of aromatic amines is 1. The highest BCUT2D eigenvalue weighted by Crippen LogP contribution is 2.35. The van der Waals surface area contributed by atoms with Crippen molar-refractivity contribution in [2.75, 3.05) is 11.1 Å². The molecule has 0 bridgehead atoms. The van der Waals surface area contributed by atoms with Crippen molar-refractivity contribution in [2.24, 2.45) is 5.73 Å². The molecule has 1 aliphatic carbocycles. The van der Waals surface area contributed by atoms with E-state index in [1.807, 2.05) is 12.3 Å². The van der Waals surface area contributed by atoms with Crippen molar-refractivity contribution in [3.63, 3.8) is 0 Å². The number of nitrogens with two attached hydrogens (primary N) is 2. The molecule has 7 heteroatoms. The lowest BCUT2D eigenvalue weighted by atomic mass is 9.91. The van der Waals surface area contributed by atoms with E-state index in [-0.39, 0.29) is 5.95 Å². The number of aromatic nitrogens is 4. The van der Waals surface area contributed by atoms with Gasteiger partial charge in [0.1, 0.15) is 5.65 Å². The molecule has 3 aromatic rings. The highest BCUT2D eigenvalue weighted by molar-refractivity contribution is 5.98. The van der Waals surface area contributed by atoms with E-state index in [4.69, 9.17) is 11.5 Å². The Morgan fingerprint density at radius 3 is 2.78 bits per heavy atom. The third kappa shape index (κ3) is 3.73. The quantitative estimate of drug-likeness (QED) is 0.551. The second-order valence-corrected chi connectivity index (χ2v) is 7.41. The van der Waals surface area contributed by atoms with Crippen LogP contribution in [0.25, 0.3) is 22.3 Å². The largest absolute Gasteiger partial charge is 0.381 e. The first kappa shape index (κ1) is 17.7. The zero-order valence-electron chi connectivity index (χ0n) is 15.7. The Hall–Kier alpha value is -2.67. The molecular weight excluding hydrogens is 338 g/mol. The van der Waals surface area contributed by atoms with Crippen molar-refractivity contribution < 1.29 is 0 Å². The van der Waals surface area contributed by atoms with E-state index in [2.05, 4.69) is 38.2 Å². The van der Waals surface area contributed by atoms with Gasteiger partial charge in [0.15, 0.2) is 0 Å². The number of hydrogen-bond acceptors (Lipinski definition) is 6. The average Bonchev–Trinajstić information content (AvgIpc) is 3.07. The van der Waals surface area contributed by atoms with Crippen LogP contribution in [0.15, 0.2) is 24.5 Å². The third-order valence-electron chi connectivity index (χ3n) is 5.30. The van der Waals surface area contributed by atoms with Crippen molar-refractivity contribution >= 4 is 22.7 Å². The summed E-state index contributed by atoms with van der Waals surface area (Å²) in [4.78, 5) is 16.5. The summed E-state index contributed by atoms with van der Waals surface area (Å²) in [6, 6.07) is 4.81. The van der Waals surface area contributed by atoms with E-state index in [9.17, 15) is 0 Å². The number of H-pyrrole nitrogens is 1. The van der Waals surface area contributed by atoms with Gasteiger partial charge in [0, 0.05) is 41.1 Å². The lowest BCUT2D eigenvalue weighted by molar-refractivity contribution is 0.411. The normalized spacial score (nSPS) is 20.1. The van der Waals surface area contributed by atoms with Crippen molar-refractivity contribution in [2.45, 2.75) is 57.5 Å². The van der Waals surface area contributed by atoms with Gasteiger partial charge in [0.2, 0.25) is 5.95 Å². The molecule has 0 radical (unpaired) electrons. The Morgan fingerprint density at radius 1 is 1.22 bits per heavy atom. The molecule has 1 saturated carbocycles. The zero-order chi connectivity index (χ0) is 18.8. The molecule has 27 heavy (non-hydrogen) atoms. The van der Waals surface area contributed by atoms with Gasteiger partial charge in [-0.1, -0.05) is 13.3 Å². The van der Waals surface area contributed by atoms with Crippen LogP contribution in [0.3, 0.4) is 0 Å². The molecule has 6 N–H and O–H groups in total. The van der Waals surface area contributed by atoms with Crippen molar-refractivity contribution in [1.29, 1.82) is 0 Å². The highest BCUT2D eigenvalue weighted by Gasteiger charge is 2.22. The Bertz CT molecular complexity index is 925. The molecule has 0 amide bonds. The van der Waals surface area contributed by atoms with E-state index < -0.39 is 0 Å². The Balaban J connectivity index is 1.78. The average molecular weight is 365 g/mol. The molecule has 3 heterocycles. The van der Waals surface area contributed by atoms with Crippen molar-refractivity contribution in [3.8, 4) is 11.3 Å². The van der Waals surface area contributed by atoms with Gasteiger partial charge < -0.3 is 21.8 Å². The van der Waals surface area contributed by atoms with Crippen LogP contribution in [-0.2, 0) is 6.42 Å². The Kier molecular flexibility index (Phi) is 4.94. The fourth-order valence-corrected chi connectivity index (χ4v) is 3.87. The number of hydrogen-bond donors (Lipinski definition) is 4. The van der Waals surface area contributed by atoms with Gasteiger partial charge in [-0.15, -0.1) is 0 Å². The Labute approximate surface area is 159 Å². The topological polar surface area (TPSA) is 119 Å². The number of pyridine rings is 1. The third-order valence-corrected chi connectivity index (χ3v) is 5.30. The number of nitrogens with one attached hydrogen (secondary N) is 2. The van der Waals surface area contributed by atoms with E-state index in [0.29, 0.717) is 12.1 Å². The summed E-state index contributed by atoms with van der Waals surface area (Å²) in [5.41, 5.74) is 16.8. The molecule has 4 rings (SSSR count). The van der Waals surface area contributed by atoms with E-state index >= 15 is 0 Å². The molecule has 0 saturated heterocycles. The van der Waals surface area contributed by atoms with Crippen LogP contribution in [0.4, 0.5) is 11.6 Å². The Morgan fingerprint density at radius 2 is 2.04 bits per heavy atom. The van der Waals surface area contributed by atoms with Gasteiger partial charge in [0.05, 0.1) is 11.4 Å². The minimum Gasteiger partial charge on any atom is -0.381 e. The van der Waals surface area contributed by atoms with Crippen molar-refractivity contribution in [3.05, 3.63) is 30.2 Å². The van der Waals surface area contributed by atoms with Crippen LogP contribution in [0.1, 0.15) is 44.7 Å². The highest BCUT2D eigenvalue weighted by atomic mass is 15.0. The number of nitrogen functional groups attached to an aromatic ring is 1. The van der Waals surface area contributed by atoms with E-state index in [1.54, 1.807) is 6.20 Å². The molecule has 0 aliphatic heterocycles. The number of anilines is 2. The van der Waals surface area contributed by atoms with E-state index in [0.717, 1.165) is 66.5 Å². The maximum Gasteiger partial charge on any atom is 0.220 e. The van der Waals surface area contributed by atoms with E-state index in [1.165, 1.54) is 5.69 Å². The molecule has 1 aliphatic rings. The molecule has 0 atom stereocenters. The smallest absolute Gasteiger partial charge is 0.220 e. The molecule has 7 nitrogen and oxygen atoms in total. The van der Waals surface area contributed by atoms with Gasteiger partial charge in [-0.05, 0) is 44.2 Å². The maximum atomic E-state index is 6.08. The fraction of sp³-hybridized carbons (Fsp3) is 0.450. The first-order valence-corrected chi connectivity index (χ1v) is 9.75. The van der Waals surface area contributed by atoms with Gasteiger partial charge in [-0.3, -0.25) is 0 Å². The summed E-state index contributed by atoms with van der Waals surface area (Å²) in [6.07, 6.45) is 9.89. The van der Waals surface area contributed by atoms with Gasteiger partial charge in [-0.25, -0.2) is 15.0 Å². The summed E-state index contributed by atoms with van der Waals surface area (Å²) in [6.45, 7) is 2.18. The van der Waals surface area contributed by atoms with Crippen LogP contribution in [0.5, 0.6) is 0 Å². The molecule has 0 spiro atoms. The predicted molar refractivity (Wildman–Crippen MR) is 109 cm³/mol. The molecule has 3 aromatic heterocycles. The summed E-state index contributed by atoms with van der Waals surface area (Å²) in [7, 11) is 0. The summed E-state index contributed by atoms with van der Waals surface area (Å²) in [5, 5.41) is 4.87. The fourth-order valence-electron chi connectivity index (χ4n) is 3.87. The summed E-state index contributed by atoms with van der Waals surface area (Å²) < 4.78 is 0. The van der Waals surface area contributed by atoms with Crippen LogP contribution in [0, 0.1) is 0 Å². The molecule has 1 fully saturated rings. The van der Waals surface area contributed by atoms with Gasteiger partial charge >= 0.3 is 0 Å². The standard InChI is InChI=1S/C20H27N7/c1-2-3-14-10-15-18(25-13-6-4-12(21)5-7-13)16(11-24-19(15)26-14)17-8-9-23-20(22)27-17/h8-13H,2-7,21H2,1H3,(H2,22,23,27)(H2,24,25,26)/t12-,13-. The SMILES string of the molecule is CCCc1cc2c(N[C@H]3CC[C@H](N)CC3)c(-c3ccnc(N)n3)cnc2[nH]1. The van der Waals surface area contributed by atoms with Crippen LogP contribution in [-0.4, -0.2) is 32.0 Å². The summed E-state index contributed by atoms with van der Waals surface area (Å²) >= 11 is 0.